The van der Waals surface area contributed by atoms with E-state index in [0.717, 1.165) is 0 Å². The summed E-state index contributed by atoms with van der Waals surface area (Å²) in [5, 5.41) is 9.18. The molecular weight excluding hydrogens is 200 g/mol. The van der Waals surface area contributed by atoms with Crippen molar-refractivity contribution in [3.63, 3.8) is 0 Å². The fourth-order valence-electron chi connectivity index (χ4n) is 0.901. The van der Waals surface area contributed by atoms with Gasteiger partial charge in [0.2, 0.25) is 0 Å². The van der Waals surface area contributed by atoms with E-state index in [1.54, 1.807) is 20.8 Å². The number of hydrogen-bond donors (Lipinski definition) is 1. The standard InChI is InChI=1S/C10H18O5/c1-10(2,3)15-8(12)6-5-7(11)9(13)14-4/h7,11H,5-6H2,1-4H3. The number of aliphatic hydroxyl groups is 1. The molecule has 0 radical (unpaired) electrons. The Morgan fingerprint density at radius 3 is 2.27 bits per heavy atom. The monoisotopic (exact) mass is 218 g/mol. The third-order valence-electron chi connectivity index (χ3n) is 1.52. The lowest BCUT2D eigenvalue weighted by atomic mass is 10.1. The van der Waals surface area contributed by atoms with Crippen LogP contribution in [-0.2, 0) is 19.1 Å². The first kappa shape index (κ1) is 13.9. The van der Waals surface area contributed by atoms with Crippen LogP contribution in [0.3, 0.4) is 0 Å². The largest absolute Gasteiger partial charge is 0.467 e. The van der Waals surface area contributed by atoms with Crippen LogP contribution in [0.1, 0.15) is 33.6 Å². The number of rotatable bonds is 4. The number of ether oxygens (including phenoxy) is 2. The highest BCUT2D eigenvalue weighted by Gasteiger charge is 2.20. The van der Waals surface area contributed by atoms with Crippen LogP contribution in [0.4, 0.5) is 0 Å². The van der Waals surface area contributed by atoms with Gasteiger partial charge >= 0.3 is 11.9 Å². The number of hydrogen-bond acceptors (Lipinski definition) is 5. The summed E-state index contributed by atoms with van der Waals surface area (Å²) in [5.41, 5.74) is -0.548. The molecule has 0 rings (SSSR count). The van der Waals surface area contributed by atoms with Gasteiger partial charge in [0, 0.05) is 6.42 Å². The van der Waals surface area contributed by atoms with E-state index in [1.807, 2.05) is 0 Å². The molecule has 0 aliphatic heterocycles. The third-order valence-corrected chi connectivity index (χ3v) is 1.52. The molecule has 0 bridgehead atoms. The van der Waals surface area contributed by atoms with Crippen LogP contribution < -0.4 is 0 Å². The van der Waals surface area contributed by atoms with Crippen LogP contribution in [0.15, 0.2) is 0 Å². The maximum Gasteiger partial charge on any atom is 0.334 e. The number of methoxy groups -OCH3 is 1. The first-order chi connectivity index (χ1) is 6.76. The smallest absolute Gasteiger partial charge is 0.334 e. The molecule has 0 aliphatic carbocycles. The molecule has 0 fully saturated rings. The van der Waals surface area contributed by atoms with Crippen LogP contribution in [0, 0.1) is 0 Å². The zero-order valence-corrected chi connectivity index (χ0v) is 9.57. The molecule has 1 N–H and O–H groups in total. The van der Waals surface area contributed by atoms with Crippen molar-refractivity contribution in [3.05, 3.63) is 0 Å². The number of aliphatic hydroxyl groups excluding tert-OH is 1. The Morgan fingerprint density at radius 2 is 1.87 bits per heavy atom. The van der Waals surface area contributed by atoms with E-state index in [9.17, 15) is 14.7 Å². The average Bonchev–Trinajstić information content (AvgIpc) is 2.10. The molecule has 0 aromatic carbocycles. The molecule has 1 unspecified atom stereocenters. The van der Waals surface area contributed by atoms with E-state index < -0.39 is 23.6 Å². The van der Waals surface area contributed by atoms with Crippen LogP contribution in [-0.4, -0.2) is 35.9 Å². The van der Waals surface area contributed by atoms with Gasteiger partial charge in [-0.1, -0.05) is 0 Å². The van der Waals surface area contributed by atoms with Crippen molar-refractivity contribution in [2.45, 2.75) is 45.3 Å². The molecule has 15 heavy (non-hydrogen) atoms. The van der Waals surface area contributed by atoms with E-state index in [0.29, 0.717) is 0 Å². The summed E-state index contributed by atoms with van der Waals surface area (Å²) in [6.45, 7) is 5.25. The number of carbonyl (C=O) groups is 2. The van der Waals surface area contributed by atoms with Crippen molar-refractivity contribution in [1.82, 2.24) is 0 Å². The van der Waals surface area contributed by atoms with Crippen LogP contribution in [0.25, 0.3) is 0 Å². The predicted molar refractivity (Wildman–Crippen MR) is 53.1 cm³/mol. The van der Waals surface area contributed by atoms with Gasteiger partial charge in [-0.15, -0.1) is 0 Å². The molecule has 0 saturated heterocycles. The Hall–Kier alpha value is -1.10. The minimum Gasteiger partial charge on any atom is -0.467 e. The van der Waals surface area contributed by atoms with E-state index in [4.69, 9.17) is 4.74 Å². The summed E-state index contributed by atoms with van der Waals surface area (Å²) >= 11 is 0. The third kappa shape index (κ3) is 6.90. The number of carbonyl (C=O) groups excluding carboxylic acids is 2. The molecule has 0 spiro atoms. The summed E-state index contributed by atoms with van der Waals surface area (Å²) in [4.78, 5) is 22.0. The van der Waals surface area contributed by atoms with Crippen molar-refractivity contribution in [2.75, 3.05) is 7.11 Å². The van der Waals surface area contributed by atoms with E-state index in [-0.39, 0.29) is 12.8 Å². The van der Waals surface area contributed by atoms with E-state index in [1.165, 1.54) is 7.11 Å². The van der Waals surface area contributed by atoms with Crippen LogP contribution >= 0.6 is 0 Å². The highest BCUT2D eigenvalue weighted by molar-refractivity contribution is 5.76. The van der Waals surface area contributed by atoms with Gasteiger partial charge in [0.15, 0.2) is 6.10 Å². The van der Waals surface area contributed by atoms with E-state index >= 15 is 0 Å². The van der Waals surface area contributed by atoms with Crippen molar-refractivity contribution in [2.24, 2.45) is 0 Å². The summed E-state index contributed by atoms with van der Waals surface area (Å²) in [5.74, 6) is -1.18. The minimum atomic E-state index is -1.26. The lowest BCUT2D eigenvalue weighted by Gasteiger charge is -2.19. The normalized spacial score (nSPS) is 13.1. The van der Waals surface area contributed by atoms with Crippen molar-refractivity contribution >= 4 is 11.9 Å². The first-order valence-electron chi connectivity index (χ1n) is 4.74. The molecule has 0 aliphatic rings. The molecule has 0 saturated carbocycles. The highest BCUT2D eigenvalue weighted by atomic mass is 16.6. The molecule has 1 atom stereocenters. The quantitative estimate of drug-likeness (QED) is 0.701. The predicted octanol–water partition coefficient (Wildman–Crippen LogP) is 0.642. The number of esters is 2. The van der Waals surface area contributed by atoms with Gasteiger partial charge in [-0.3, -0.25) is 4.79 Å². The molecule has 5 heteroatoms. The summed E-state index contributed by atoms with van der Waals surface area (Å²) in [6.07, 6.45) is -1.25. The lowest BCUT2D eigenvalue weighted by Crippen LogP contribution is -2.26. The Kier molecular flexibility index (Phi) is 5.28. The zero-order valence-electron chi connectivity index (χ0n) is 9.57. The first-order valence-corrected chi connectivity index (χ1v) is 4.74. The fraction of sp³-hybridized carbons (Fsp3) is 0.800. The Morgan fingerprint density at radius 1 is 1.33 bits per heavy atom. The average molecular weight is 218 g/mol. The summed E-state index contributed by atoms with van der Waals surface area (Å²) in [6, 6.07) is 0. The van der Waals surface area contributed by atoms with Gasteiger partial charge in [0.05, 0.1) is 7.11 Å². The zero-order chi connectivity index (χ0) is 12.1. The maximum absolute atomic E-state index is 11.2. The van der Waals surface area contributed by atoms with Gasteiger partial charge in [0.25, 0.3) is 0 Å². The molecule has 0 amide bonds. The van der Waals surface area contributed by atoms with Crippen molar-refractivity contribution < 1.29 is 24.2 Å². The molecule has 0 aromatic rings. The van der Waals surface area contributed by atoms with Gasteiger partial charge in [-0.25, -0.2) is 4.79 Å². The van der Waals surface area contributed by atoms with Crippen LogP contribution in [0.2, 0.25) is 0 Å². The van der Waals surface area contributed by atoms with Crippen LogP contribution in [0.5, 0.6) is 0 Å². The van der Waals surface area contributed by atoms with E-state index in [2.05, 4.69) is 4.74 Å². The summed E-state index contributed by atoms with van der Waals surface area (Å²) < 4.78 is 9.30. The second-order valence-electron chi connectivity index (χ2n) is 4.16. The molecule has 88 valence electrons. The Bertz CT molecular complexity index is 228. The molecular formula is C10H18O5. The van der Waals surface area contributed by atoms with Crippen molar-refractivity contribution in [3.8, 4) is 0 Å². The Balaban J connectivity index is 3.86. The highest BCUT2D eigenvalue weighted by Crippen LogP contribution is 2.10. The summed E-state index contributed by atoms with van der Waals surface area (Å²) in [7, 11) is 1.18. The Labute approximate surface area is 89.4 Å². The minimum absolute atomic E-state index is 0.00641. The molecule has 0 aromatic heterocycles. The van der Waals surface area contributed by atoms with Gasteiger partial charge < -0.3 is 14.6 Å². The fourth-order valence-corrected chi connectivity index (χ4v) is 0.901. The maximum atomic E-state index is 11.2. The topological polar surface area (TPSA) is 72.8 Å². The molecule has 5 nitrogen and oxygen atoms in total. The van der Waals surface area contributed by atoms with Gasteiger partial charge in [-0.05, 0) is 27.2 Å². The van der Waals surface area contributed by atoms with Crippen molar-refractivity contribution in [1.29, 1.82) is 0 Å². The lowest BCUT2D eigenvalue weighted by molar-refractivity contribution is -0.157. The molecule has 0 heterocycles. The van der Waals surface area contributed by atoms with Gasteiger partial charge in [-0.2, -0.15) is 0 Å². The second-order valence-corrected chi connectivity index (χ2v) is 4.16. The van der Waals surface area contributed by atoms with Gasteiger partial charge in [0.1, 0.15) is 5.60 Å². The second kappa shape index (κ2) is 5.70. The SMILES string of the molecule is COC(=O)C(O)CCC(=O)OC(C)(C)C.